The van der Waals surface area contributed by atoms with Gasteiger partial charge in [0.15, 0.2) is 5.13 Å². The number of ether oxygens (including phenoxy) is 2. The molecule has 1 atom stereocenters. The molecule has 0 saturated carbocycles. The lowest BCUT2D eigenvalue weighted by Gasteiger charge is -2.35. The van der Waals surface area contributed by atoms with Crippen molar-refractivity contribution in [1.29, 1.82) is 5.26 Å². The maximum absolute atomic E-state index is 12.4. The molecule has 1 aliphatic rings. The Kier molecular flexibility index (Phi) is 11.1. The SMILES string of the molecule is CC(CCNC(=O)c1ccc(OCc2csc(N3CCN(C(=O)OC(C)(C)C)CC3)n2)cc1)CC(=O)NCC#N. The first-order valence-electron chi connectivity index (χ1n) is 13.4. The zero-order valence-electron chi connectivity index (χ0n) is 23.6. The van der Waals surface area contributed by atoms with Gasteiger partial charge < -0.3 is 29.9 Å². The largest absolute Gasteiger partial charge is 0.487 e. The summed E-state index contributed by atoms with van der Waals surface area (Å²) in [7, 11) is 0. The molecule has 0 spiro atoms. The lowest BCUT2D eigenvalue weighted by atomic mass is 10.0. The fourth-order valence-electron chi connectivity index (χ4n) is 3.94. The van der Waals surface area contributed by atoms with Crippen LogP contribution in [0.1, 0.15) is 56.6 Å². The predicted octanol–water partition coefficient (Wildman–Crippen LogP) is 3.57. The highest BCUT2D eigenvalue weighted by Gasteiger charge is 2.26. The number of thiazole rings is 1. The van der Waals surface area contributed by atoms with Crippen LogP contribution in [0.25, 0.3) is 0 Å². The number of amides is 3. The highest BCUT2D eigenvalue weighted by atomic mass is 32.1. The molecule has 1 aliphatic heterocycles. The van der Waals surface area contributed by atoms with Crippen molar-refractivity contribution in [2.45, 2.75) is 52.7 Å². The summed E-state index contributed by atoms with van der Waals surface area (Å²) in [6.07, 6.45) is 0.685. The monoisotopic (exact) mass is 570 g/mol. The summed E-state index contributed by atoms with van der Waals surface area (Å²) in [5.41, 5.74) is 0.825. The van der Waals surface area contributed by atoms with Gasteiger partial charge in [-0.3, -0.25) is 9.59 Å². The molecule has 1 saturated heterocycles. The van der Waals surface area contributed by atoms with Gasteiger partial charge in [0, 0.05) is 50.1 Å². The fraction of sp³-hybridized carbons (Fsp3) is 0.536. The molecule has 2 N–H and O–H groups in total. The Balaban J connectivity index is 1.38. The zero-order chi connectivity index (χ0) is 29.1. The number of hydrogen-bond acceptors (Lipinski definition) is 9. The average Bonchev–Trinajstić information content (AvgIpc) is 3.39. The molecule has 0 radical (unpaired) electrons. The Morgan fingerprint density at radius 3 is 2.48 bits per heavy atom. The van der Waals surface area contributed by atoms with Gasteiger partial charge in [0.1, 0.15) is 24.5 Å². The number of rotatable bonds is 11. The number of carbonyl (C=O) groups is 3. The first-order valence-corrected chi connectivity index (χ1v) is 14.2. The third-order valence-electron chi connectivity index (χ3n) is 6.07. The Bertz CT molecular complexity index is 1180. The van der Waals surface area contributed by atoms with E-state index in [1.54, 1.807) is 40.5 Å². The molecule has 2 aromatic rings. The minimum atomic E-state index is -0.508. The van der Waals surface area contributed by atoms with E-state index in [0.29, 0.717) is 63.5 Å². The van der Waals surface area contributed by atoms with Crippen LogP contribution in [0.3, 0.4) is 0 Å². The Morgan fingerprint density at radius 1 is 1.12 bits per heavy atom. The van der Waals surface area contributed by atoms with Crippen molar-refractivity contribution < 1.29 is 23.9 Å². The van der Waals surface area contributed by atoms with E-state index in [4.69, 9.17) is 14.7 Å². The molecule has 1 unspecified atom stereocenters. The van der Waals surface area contributed by atoms with Gasteiger partial charge in [0.05, 0.1) is 11.8 Å². The van der Waals surface area contributed by atoms with Crippen LogP contribution in [0.15, 0.2) is 29.6 Å². The second-order valence-electron chi connectivity index (χ2n) is 10.7. The van der Waals surface area contributed by atoms with Crippen LogP contribution < -0.4 is 20.3 Å². The topological polar surface area (TPSA) is 137 Å². The number of piperazine rings is 1. The molecule has 0 bridgehead atoms. The number of nitriles is 1. The molecule has 216 valence electrons. The molecule has 12 heteroatoms. The quantitative estimate of drug-likeness (QED) is 0.391. The second kappa shape index (κ2) is 14.5. The van der Waals surface area contributed by atoms with Gasteiger partial charge in [-0.15, -0.1) is 11.3 Å². The van der Waals surface area contributed by atoms with Crippen LogP contribution in [-0.2, 0) is 16.1 Å². The summed E-state index contributed by atoms with van der Waals surface area (Å²) >= 11 is 1.55. The summed E-state index contributed by atoms with van der Waals surface area (Å²) in [6, 6.07) is 8.79. The normalized spacial score (nSPS) is 14.2. The van der Waals surface area contributed by atoms with E-state index in [-0.39, 0.29) is 30.4 Å². The van der Waals surface area contributed by atoms with E-state index < -0.39 is 5.60 Å². The summed E-state index contributed by atoms with van der Waals surface area (Å²) in [5, 5.41) is 16.8. The average molecular weight is 571 g/mol. The molecule has 2 heterocycles. The lowest BCUT2D eigenvalue weighted by molar-refractivity contribution is -0.121. The Hall–Kier alpha value is -3.85. The van der Waals surface area contributed by atoms with Crippen molar-refractivity contribution in [3.05, 3.63) is 40.9 Å². The molecule has 40 heavy (non-hydrogen) atoms. The van der Waals surface area contributed by atoms with Gasteiger partial charge in [0.2, 0.25) is 5.91 Å². The van der Waals surface area contributed by atoms with Crippen molar-refractivity contribution in [2.75, 3.05) is 44.2 Å². The standard InChI is InChI=1S/C28H38N6O5S/c1-20(17-24(35)30-12-10-29)9-11-31-25(36)21-5-7-23(8-6-21)38-18-22-19-40-26(32-22)33-13-15-34(16-14-33)27(37)39-28(2,3)4/h5-8,19-20H,9,11-18H2,1-4H3,(H,30,35)(H,31,36). The van der Waals surface area contributed by atoms with Crippen molar-refractivity contribution in [2.24, 2.45) is 5.92 Å². The van der Waals surface area contributed by atoms with Crippen LogP contribution >= 0.6 is 11.3 Å². The lowest BCUT2D eigenvalue weighted by Crippen LogP contribution is -2.50. The molecule has 0 aliphatic carbocycles. The van der Waals surface area contributed by atoms with Crippen LogP contribution in [0, 0.1) is 17.2 Å². The number of carbonyl (C=O) groups excluding carboxylic acids is 3. The smallest absolute Gasteiger partial charge is 0.410 e. The first-order chi connectivity index (χ1) is 19.0. The van der Waals surface area contributed by atoms with E-state index in [1.165, 1.54) is 0 Å². The predicted molar refractivity (Wildman–Crippen MR) is 152 cm³/mol. The highest BCUT2D eigenvalue weighted by Crippen LogP contribution is 2.24. The maximum Gasteiger partial charge on any atom is 0.410 e. The van der Waals surface area contributed by atoms with Crippen LogP contribution in [-0.4, -0.2) is 72.7 Å². The molecular weight excluding hydrogens is 532 g/mol. The maximum atomic E-state index is 12.4. The van der Waals surface area contributed by atoms with Gasteiger partial charge in [-0.25, -0.2) is 9.78 Å². The van der Waals surface area contributed by atoms with Crippen LogP contribution in [0.2, 0.25) is 0 Å². The van der Waals surface area contributed by atoms with E-state index in [2.05, 4.69) is 20.5 Å². The summed E-state index contributed by atoms with van der Waals surface area (Å²) < 4.78 is 11.3. The minimum Gasteiger partial charge on any atom is -0.487 e. The van der Waals surface area contributed by atoms with Gasteiger partial charge in [-0.1, -0.05) is 6.92 Å². The minimum absolute atomic E-state index is 0.00307. The summed E-state index contributed by atoms with van der Waals surface area (Å²) in [6.45, 7) is 10.8. The molecular formula is C28H38N6O5S. The van der Waals surface area contributed by atoms with Gasteiger partial charge in [0.25, 0.3) is 5.91 Å². The number of nitrogens with zero attached hydrogens (tertiary/aromatic N) is 4. The third kappa shape index (κ3) is 10.0. The van der Waals surface area contributed by atoms with Gasteiger partial charge >= 0.3 is 6.09 Å². The molecule has 1 aromatic heterocycles. The Morgan fingerprint density at radius 2 is 1.82 bits per heavy atom. The van der Waals surface area contributed by atoms with E-state index in [1.807, 2.05) is 39.1 Å². The van der Waals surface area contributed by atoms with E-state index in [9.17, 15) is 14.4 Å². The van der Waals surface area contributed by atoms with E-state index in [0.717, 1.165) is 10.8 Å². The van der Waals surface area contributed by atoms with E-state index >= 15 is 0 Å². The number of hydrogen-bond donors (Lipinski definition) is 2. The molecule has 3 amide bonds. The molecule has 1 fully saturated rings. The summed E-state index contributed by atoms with van der Waals surface area (Å²) in [5.74, 6) is 0.364. The summed E-state index contributed by atoms with van der Waals surface area (Å²) in [4.78, 5) is 45.0. The second-order valence-corrected chi connectivity index (χ2v) is 11.5. The van der Waals surface area contributed by atoms with Gasteiger partial charge in [-0.2, -0.15) is 5.26 Å². The molecule has 11 nitrogen and oxygen atoms in total. The number of nitrogens with one attached hydrogen (secondary N) is 2. The highest BCUT2D eigenvalue weighted by molar-refractivity contribution is 7.13. The number of aromatic nitrogens is 1. The number of benzene rings is 1. The van der Waals surface area contributed by atoms with Crippen molar-refractivity contribution in [3.63, 3.8) is 0 Å². The zero-order valence-corrected chi connectivity index (χ0v) is 24.4. The molecule has 3 rings (SSSR count). The first kappa shape index (κ1) is 30.7. The van der Waals surface area contributed by atoms with Crippen molar-refractivity contribution >= 4 is 34.4 Å². The Labute approximate surface area is 239 Å². The van der Waals surface area contributed by atoms with Crippen molar-refractivity contribution in [3.8, 4) is 11.8 Å². The molecule has 1 aromatic carbocycles. The van der Waals surface area contributed by atoms with Crippen LogP contribution in [0.5, 0.6) is 5.75 Å². The van der Waals surface area contributed by atoms with Gasteiger partial charge in [-0.05, 0) is 57.4 Å². The third-order valence-corrected chi connectivity index (χ3v) is 7.02. The number of anilines is 1. The van der Waals surface area contributed by atoms with Crippen LogP contribution in [0.4, 0.5) is 9.93 Å². The van der Waals surface area contributed by atoms with Crippen molar-refractivity contribution in [1.82, 2.24) is 20.5 Å². The fourth-order valence-corrected chi connectivity index (χ4v) is 4.80.